The fourth-order valence-electron chi connectivity index (χ4n) is 2.46. The summed E-state index contributed by atoms with van der Waals surface area (Å²) in [6.45, 7) is 9.94. The van der Waals surface area contributed by atoms with Crippen molar-refractivity contribution in [2.75, 3.05) is 6.54 Å². The lowest BCUT2D eigenvalue weighted by Crippen LogP contribution is -2.46. The maximum Gasteiger partial charge on any atom is 0.0995 e. The van der Waals surface area contributed by atoms with E-state index >= 15 is 0 Å². The summed E-state index contributed by atoms with van der Waals surface area (Å²) in [5.74, 6) is 1.80. The van der Waals surface area contributed by atoms with Crippen LogP contribution >= 0.6 is 0 Å². The van der Waals surface area contributed by atoms with E-state index in [1.54, 1.807) is 0 Å². The number of amidine groups is 1. The van der Waals surface area contributed by atoms with Crippen LogP contribution in [0.1, 0.15) is 59.8 Å². The number of nitrogens with zero attached hydrogens (tertiary/aromatic N) is 1. The summed E-state index contributed by atoms with van der Waals surface area (Å²) in [6, 6.07) is 0. The lowest BCUT2D eigenvalue weighted by atomic mass is 9.91. The third kappa shape index (κ3) is 4.53. The van der Waals surface area contributed by atoms with Crippen LogP contribution in [0, 0.1) is 5.92 Å². The van der Waals surface area contributed by atoms with E-state index in [1.165, 1.54) is 31.5 Å². The number of hydrogen-bond acceptors (Lipinski definition) is 2. The van der Waals surface area contributed by atoms with Crippen molar-refractivity contribution in [3.8, 4) is 0 Å². The Morgan fingerprint density at radius 2 is 2.29 bits per heavy atom. The molecule has 98 valence electrons. The Labute approximate surface area is 107 Å². The molecule has 1 aliphatic heterocycles. The molecule has 1 N–H and O–H groups in total. The second-order valence-corrected chi connectivity index (χ2v) is 5.52. The average Bonchev–Trinajstić information content (AvgIpc) is 2.50. The quantitative estimate of drug-likeness (QED) is 0.719. The molecule has 0 aromatic heterocycles. The summed E-state index contributed by atoms with van der Waals surface area (Å²) in [5.41, 5.74) is 0.198. The lowest BCUT2D eigenvalue weighted by molar-refractivity contribution is 0.383. The van der Waals surface area contributed by atoms with E-state index < -0.39 is 0 Å². The highest BCUT2D eigenvalue weighted by Gasteiger charge is 2.27. The Kier molecular flexibility index (Phi) is 5.73. The maximum atomic E-state index is 4.73. The highest BCUT2D eigenvalue weighted by atomic mass is 15.1. The molecule has 0 radical (unpaired) electrons. The molecule has 1 aliphatic rings. The number of hydrogen-bond donors (Lipinski definition) is 1. The van der Waals surface area contributed by atoms with Crippen LogP contribution in [-0.4, -0.2) is 17.9 Å². The highest BCUT2D eigenvalue weighted by Crippen LogP contribution is 2.22. The van der Waals surface area contributed by atoms with E-state index in [2.05, 4.69) is 45.2 Å². The van der Waals surface area contributed by atoms with Crippen molar-refractivity contribution >= 4 is 5.84 Å². The summed E-state index contributed by atoms with van der Waals surface area (Å²) in [7, 11) is 0. The second kappa shape index (κ2) is 6.83. The number of aliphatic imine (C=N–C) groups is 1. The zero-order valence-electron chi connectivity index (χ0n) is 11.9. The van der Waals surface area contributed by atoms with Gasteiger partial charge in [-0.05, 0) is 39.5 Å². The van der Waals surface area contributed by atoms with Gasteiger partial charge >= 0.3 is 0 Å². The Bertz CT molecular complexity index is 281. The first-order chi connectivity index (χ1) is 8.11. The molecule has 0 aromatic rings. The minimum Gasteiger partial charge on any atom is -0.368 e. The first kappa shape index (κ1) is 14.3. The van der Waals surface area contributed by atoms with E-state index in [-0.39, 0.29) is 5.54 Å². The molecule has 1 heterocycles. The Morgan fingerprint density at radius 1 is 1.53 bits per heavy atom. The molecule has 0 bridgehead atoms. The van der Waals surface area contributed by atoms with E-state index in [0.29, 0.717) is 5.92 Å². The normalized spacial score (nSPS) is 27.4. The van der Waals surface area contributed by atoms with E-state index in [9.17, 15) is 0 Å². The number of nitrogens with one attached hydrogen (secondary N) is 1. The summed E-state index contributed by atoms with van der Waals surface area (Å²) < 4.78 is 0. The molecule has 0 aromatic carbocycles. The molecule has 0 fully saturated rings. The van der Waals surface area contributed by atoms with Crippen molar-refractivity contribution in [1.82, 2.24) is 5.32 Å². The second-order valence-electron chi connectivity index (χ2n) is 5.52. The van der Waals surface area contributed by atoms with Gasteiger partial charge in [0.2, 0.25) is 0 Å². The lowest BCUT2D eigenvalue weighted by Gasteiger charge is -2.31. The monoisotopic (exact) mass is 236 g/mol. The summed E-state index contributed by atoms with van der Waals surface area (Å²) >= 11 is 0. The fraction of sp³-hybridized carbons (Fsp3) is 0.800. The highest BCUT2D eigenvalue weighted by molar-refractivity contribution is 5.85. The minimum absolute atomic E-state index is 0.198. The summed E-state index contributed by atoms with van der Waals surface area (Å²) in [5, 5.41) is 3.71. The van der Waals surface area contributed by atoms with Gasteiger partial charge in [-0.25, -0.2) is 0 Å². The van der Waals surface area contributed by atoms with Gasteiger partial charge < -0.3 is 5.32 Å². The van der Waals surface area contributed by atoms with Crippen molar-refractivity contribution in [2.24, 2.45) is 10.9 Å². The SMILES string of the molecule is CC=CCC1(C)CCCN=C(C(C)CCC)N1. The predicted molar refractivity (Wildman–Crippen MR) is 76.6 cm³/mol. The summed E-state index contributed by atoms with van der Waals surface area (Å²) in [6.07, 6.45) is 10.4. The first-order valence-electron chi connectivity index (χ1n) is 7.05. The van der Waals surface area contributed by atoms with E-state index in [1.807, 2.05) is 0 Å². The Morgan fingerprint density at radius 3 is 2.94 bits per heavy atom. The van der Waals surface area contributed by atoms with Gasteiger partial charge in [0.15, 0.2) is 0 Å². The van der Waals surface area contributed by atoms with Crippen molar-refractivity contribution in [3.63, 3.8) is 0 Å². The average molecular weight is 236 g/mol. The molecule has 0 saturated carbocycles. The molecular weight excluding hydrogens is 208 g/mol. The molecule has 0 amide bonds. The van der Waals surface area contributed by atoms with Crippen LogP contribution in [0.5, 0.6) is 0 Å². The number of rotatable bonds is 5. The smallest absolute Gasteiger partial charge is 0.0995 e. The van der Waals surface area contributed by atoms with Gasteiger partial charge in [-0.15, -0.1) is 0 Å². The molecule has 0 saturated heterocycles. The van der Waals surface area contributed by atoms with Crippen LogP contribution in [0.4, 0.5) is 0 Å². The number of allylic oxidation sites excluding steroid dienone is 1. The zero-order chi connectivity index (χ0) is 12.7. The van der Waals surface area contributed by atoms with Crippen molar-refractivity contribution in [1.29, 1.82) is 0 Å². The minimum atomic E-state index is 0.198. The van der Waals surface area contributed by atoms with Crippen LogP contribution < -0.4 is 5.32 Å². The van der Waals surface area contributed by atoms with Gasteiger partial charge in [0, 0.05) is 18.0 Å². The standard InChI is InChI=1S/C15H28N2/c1-5-7-10-15(4)11-8-12-16-14(17-15)13(3)9-6-2/h5,7,13H,6,8-12H2,1-4H3,(H,16,17). The van der Waals surface area contributed by atoms with Crippen molar-refractivity contribution in [2.45, 2.75) is 65.3 Å². The largest absolute Gasteiger partial charge is 0.368 e. The fourth-order valence-corrected chi connectivity index (χ4v) is 2.46. The van der Waals surface area contributed by atoms with Gasteiger partial charge in [0.1, 0.15) is 0 Å². The van der Waals surface area contributed by atoms with Gasteiger partial charge in [-0.1, -0.05) is 32.4 Å². The molecule has 2 heteroatoms. The summed E-state index contributed by atoms with van der Waals surface area (Å²) in [4.78, 5) is 4.73. The molecule has 2 unspecified atom stereocenters. The molecule has 17 heavy (non-hydrogen) atoms. The van der Waals surface area contributed by atoms with Gasteiger partial charge in [-0.2, -0.15) is 0 Å². The predicted octanol–water partition coefficient (Wildman–Crippen LogP) is 3.93. The van der Waals surface area contributed by atoms with E-state index in [4.69, 9.17) is 4.99 Å². The van der Waals surface area contributed by atoms with E-state index in [0.717, 1.165) is 13.0 Å². The molecule has 0 aliphatic carbocycles. The molecule has 1 rings (SSSR count). The molecule has 2 nitrogen and oxygen atoms in total. The Hall–Kier alpha value is -0.790. The molecular formula is C15H28N2. The third-order valence-corrected chi connectivity index (χ3v) is 3.59. The van der Waals surface area contributed by atoms with Crippen LogP contribution in [0.2, 0.25) is 0 Å². The zero-order valence-corrected chi connectivity index (χ0v) is 11.9. The maximum absolute atomic E-state index is 4.73. The van der Waals surface area contributed by atoms with Crippen molar-refractivity contribution in [3.05, 3.63) is 12.2 Å². The van der Waals surface area contributed by atoms with Crippen LogP contribution in [0.25, 0.3) is 0 Å². The van der Waals surface area contributed by atoms with Crippen LogP contribution in [-0.2, 0) is 0 Å². The van der Waals surface area contributed by atoms with Crippen molar-refractivity contribution < 1.29 is 0 Å². The first-order valence-corrected chi connectivity index (χ1v) is 7.05. The van der Waals surface area contributed by atoms with Crippen LogP contribution in [0.3, 0.4) is 0 Å². The topological polar surface area (TPSA) is 24.4 Å². The Balaban J connectivity index is 2.69. The van der Waals surface area contributed by atoms with Gasteiger partial charge in [-0.3, -0.25) is 4.99 Å². The molecule has 2 atom stereocenters. The third-order valence-electron chi connectivity index (χ3n) is 3.59. The van der Waals surface area contributed by atoms with Crippen LogP contribution in [0.15, 0.2) is 17.1 Å². The van der Waals surface area contributed by atoms with Gasteiger partial charge in [0.25, 0.3) is 0 Å². The molecule has 0 spiro atoms. The van der Waals surface area contributed by atoms with Gasteiger partial charge in [0.05, 0.1) is 5.84 Å².